The molecule has 14 heavy (non-hydrogen) atoms. The average Bonchev–Trinajstić information content (AvgIpc) is 2.15. The first-order valence-electron chi connectivity index (χ1n) is 3.71. The highest BCUT2D eigenvalue weighted by atomic mass is 35.5. The van der Waals surface area contributed by atoms with E-state index in [9.17, 15) is 10.2 Å². The first kappa shape index (κ1) is 12.0. The number of aromatic nitrogens is 2. The van der Waals surface area contributed by atoms with Crippen molar-refractivity contribution < 1.29 is 10.2 Å². The fourth-order valence-electron chi connectivity index (χ4n) is 0.856. The number of thiol groups is 1. The minimum absolute atomic E-state index is 0.00804. The van der Waals surface area contributed by atoms with Crippen molar-refractivity contribution in [3.63, 3.8) is 0 Å². The molecule has 4 nitrogen and oxygen atoms in total. The highest BCUT2D eigenvalue weighted by Gasteiger charge is 2.20. The summed E-state index contributed by atoms with van der Waals surface area (Å²) in [6.07, 6.45) is -0.896. The summed E-state index contributed by atoms with van der Waals surface area (Å²) in [7, 11) is 0. The molecule has 0 aromatic carbocycles. The number of aliphatic hydroxyl groups is 2. The lowest BCUT2D eigenvalue weighted by molar-refractivity contribution is 0.0334. The van der Waals surface area contributed by atoms with Crippen molar-refractivity contribution in [1.29, 1.82) is 0 Å². The largest absolute Gasteiger partial charge is 0.389 e. The summed E-state index contributed by atoms with van der Waals surface area (Å²) >= 11 is 15.0. The summed E-state index contributed by atoms with van der Waals surface area (Å²) in [5.74, 6) is 0.111. The van der Waals surface area contributed by atoms with Gasteiger partial charge in [0.2, 0.25) is 5.28 Å². The SMILES string of the molecule is OC(CS)C(O)c1cnc(Cl)nc1Cl. The van der Waals surface area contributed by atoms with Crippen LogP contribution in [0.1, 0.15) is 11.7 Å². The number of rotatable bonds is 3. The van der Waals surface area contributed by atoms with Crippen molar-refractivity contribution in [3.05, 3.63) is 22.2 Å². The summed E-state index contributed by atoms with van der Waals surface area (Å²) in [4.78, 5) is 7.29. The van der Waals surface area contributed by atoms with Gasteiger partial charge in [-0.25, -0.2) is 9.97 Å². The number of hydrogen-bond donors (Lipinski definition) is 3. The van der Waals surface area contributed by atoms with E-state index in [0.717, 1.165) is 0 Å². The molecule has 1 rings (SSSR count). The molecule has 78 valence electrons. The Kier molecular flexibility index (Phi) is 4.40. The third-order valence-corrected chi connectivity index (χ3v) is 2.47. The van der Waals surface area contributed by atoms with Crippen LogP contribution in [0, 0.1) is 0 Å². The topological polar surface area (TPSA) is 66.2 Å². The van der Waals surface area contributed by atoms with Crippen LogP contribution in [-0.2, 0) is 0 Å². The van der Waals surface area contributed by atoms with Gasteiger partial charge < -0.3 is 10.2 Å². The lowest BCUT2D eigenvalue weighted by Gasteiger charge is -2.16. The van der Waals surface area contributed by atoms with Crippen molar-refractivity contribution in [3.8, 4) is 0 Å². The molecular weight excluding hydrogens is 247 g/mol. The fourth-order valence-corrected chi connectivity index (χ4v) is 1.47. The molecule has 0 bridgehead atoms. The zero-order valence-corrected chi connectivity index (χ0v) is 9.34. The van der Waals surface area contributed by atoms with Crippen LogP contribution in [0.4, 0.5) is 0 Å². The molecule has 1 aromatic rings. The van der Waals surface area contributed by atoms with E-state index in [4.69, 9.17) is 23.2 Å². The second kappa shape index (κ2) is 5.14. The highest BCUT2D eigenvalue weighted by molar-refractivity contribution is 7.80. The van der Waals surface area contributed by atoms with E-state index in [1.165, 1.54) is 6.20 Å². The van der Waals surface area contributed by atoms with E-state index in [1.807, 2.05) is 0 Å². The first-order chi connectivity index (χ1) is 6.56. The van der Waals surface area contributed by atoms with Crippen LogP contribution in [0.2, 0.25) is 10.4 Å². The molecule has 0 saturated heterocycles. The lowest BCUT2D eigenvalue weighted by Crippen LogP contribution is -2.20. The molecule has 0 aliphatic carbocycles. The Labute approximate surface area is 96.3 Å². The summed E-state index contributed by atoms with van der Waals surface area (Å²) in [5.41, 5.74) is 0.234. The molecule has 0 amide bonds. The standard InChI is InChI=1S/C7H8Cl2N2O2S/c8-6-3(1-10-7(9)11-6)5(13)4(12)2-14/h1,4-5,12-14H,2H2. The zero-order valence-electron chi connectivity index (χ0n) is 6.93. The molecule has 1 heterocycles. The van der Waals surface area contributed by atoms with Gasteiger partial charge in [-0.1, -0.05) is 11.6 Å². The molecule has 7 heteroatoms. The maximum absolute atomic E-state index is 9.55. The number of nitrogens with zero attached hydrogens (tertiary/aromatic N) is 2. The van der Waals surface area contributed by atoms with Crippen LogP contribution in [0.25, 0.3) is 0 Å². The van der Waals surface area contributed by atoms with Crippen molar-refractivity contribution in [2.45, 2.75) is 12.2 Å². The van der Waals surface area contributed by atoms with Crippen LogP contribution >= 0.6 is 35.8 Å². The summed E-state index contributed by atoms with van der Waals surface area (Å²) in [5, 5.41) is 18.9. The molecule has 0 aliphatic rings. The molecule has 2 N–H and O–H groups in total. The average molecular weight is 255 g/mol. The maximum Gasteiger partial charge on any atom is 0.223 e. The van der Waals surface area contributed by atoms with Crippen LogP contribution in [0.3, 0.4) is 0 Å². The minimum Gasteiger partial charge on any atom is -0.389 e. The molecule has 1 aromatic heterocycles. The molecule has 0 aliphatic heterocycles. The van der Waals surface area contributed by atoms with Crippen molar-refractivity contribution in [2.75, 3.05) is 5.75 Å². The number of hydrogen-bond acceptors (Lipinski definition) is 5. The van der Waals surface area contributed by atoms with Gasteiger partial charge in [-0.05, 0) is 11.6 Å². The van der Waals surface area contributed by atoms with E-state index >= 15 is 0 Å². The van der Waals surface area contributed by atoms with Crippen LogP contribution < -0.4 is 0 Å². The Hall–Kier alpha value is -0.0700. The third-order valence-electron chi connectivity index (χ3n) is 1.61. The normalized spacial score (nSPS) is 15.2. The van der Waals surface area contributed by atoms with Crippen molar-refractivity contribution in [1.82, 2.24) is 9.97 Å². The highest BCUT2D eigenvalue weighted by Crippen LogP contribution is 2.24. The van der Waals surface area contributed by atoms with Gasteiger partial charge in [0.25, 0.3) is 0 Å². The van der Waals surface area contributed by atoms with Crippen molar-refractivity contribution in [2.24, 2.45) is 0 Å². The zero-order chi connectivity index (χ0) is 10.7. The van der Waals surface area contributed by atoms with E-state index in [0.29, 0.717) is 0 Å². The first-order valence-corrected chi connectivity index (χ1v) is 5.10. The molecular formula is C7H8Cl2N2O2S. The Morgan fingerprint density at radius 1 is 1.43 bits per heavy atom. The van der Waals surface area contributed by atoms with E-state index in [-0.39, 0.29) is 21.8 Å². The van der Waals surface area contributed by atoms with Gasteiger partial charge in [-0.3, -0.25) is 0 Å². The summed E-state index contributed by atoms with van der Waals surface area (Å²) in [6, 6.07) is 0. The van der Waals surface area contributed by atoms with Gasteiger partial charge in [0.1, 0.15) is 11.3 Å². The molecule has 0 fully saturated rings. The van der Waals surface area contributed by atoms with Gasteiger partial charge in [-0.15, -0.1) is 0 Å². The Bertz CT molecular complexity index is 327. The summed E-state index contributed by atoms with van der Waals surface area (Å²) in [6.45, 7) is 0. The lowest BCUT2D eigenvalue weighted by atomic mass is 10.1. The van der Waals surface area contributed by atoms with Gasteiger partial charge >= 0.3 is 0 Å². The van der Waals surface area contributed by atoms with E-state index in [2.05, 4.69) is 22.6 Å². The Morgan fingerprint density at radius 2 is 2.07 bits per heavy atom. The molecule has 0 saturated carbocycles. The monoisotopic (exact) mass is 254 g/mol. The quantitative estimate of drug-likeness (QED) is 0.430. The fraction of sp³-hybridized carbons (Fsp3) is 0.429. The summed E-state index contributed by atoms with van der Waals surface area (Å²) < 4.78 is 0. The number of aliphatic hydroxyl groups excluding tert-OH is 2. The number of halogens is 2. The minimum atomic E-state index is -1.16. The predicted octanol–water partition coefficient (Wildman–Crippen LogP) is 1.11. The van der Waals surface area contributed by atoms with E-state index in [1.54, 1.807) is 0 Å². The second-order valence-corrected chi connectivity index (χ2v) is 3.64. The molecule has 2 atom stereocenters. The van der Waals surface area contributed by atoms with Crippen LogP contribution in [0.5, 0.6) is 0 Å². The van der Waals surface area contributed by atoms with Crippen LogP contribution in [-0.4, -0.2) is 32.0 Å². The molecule has 2 unspecified atom stereocenters. The van der Waals surface area contributed by atoms with Gasteiger partial charge in [0.15, 0.2) is 0 Å². The molecule has 0 radical (unpaired) electrons. The third kappa shape index (κ3) is 2.71. The Morgan fingerprint density at radius 3 is 2.57 bits per heavy atom. The van der Waals surface area contributed by atoms with Gasteiger partial charge in [-0.2, -0.15) is 12.6 Å². The van der Waals surface area contributed by atoms with E-state index < -0.39 is 12.2 Å². The van der Waals surface area contributed by atoms with Crippen LogP contribution in [0.15, 0.2) is 6.20 Å². The molecule has 0 spiro atoms. The smallest absolute Gasteiger partial charge is 0.223 e. The Balaban J connectivity index is 2.95. The predicted molar refractivity (Wildman–Crippen MR) is 56.9 cm³/mol. The van der Waals surface area contributed by atoms with Crippen molar-refractivity contribution >= 4 is 35.8 Å². The van der Waals surface area contributed by atoms with Gasteiger partial charge in [0.05, 0.1) is 6.10 Å². The second-order valence-electron chi connectivity index (χ2n) is 2.58. The van der Waals surface area contributed by atoms with Gasteiger partial charge in [0, 0.05) is 17.5 Å². The maximum atomic E-state index is 9.55.